The zero-order valence-electron chi connectivity index (χ0n) is 16.5. The molecule has 2 aromatic rings. The van der Waals surface area contributed by atoms with Gasteiger partial charge in [0, 0.05) is 35.0 Å². The minimum absolute atomic E-state index is 0.143. The van der Waals surface area contributed by atoms with E-state index in [0.717, 1.165) is 21.2 Å². The molecule has 3 rings (SSSR count). The van der Waals surface area contributed by atoms with Gasteiger partial charge in [-0.1, -0.05) is 58.4 Å². The number of cyclic esters (lactones) is 1. The van der Waals surface area contributed by atoms with Gasteiger partial charge in [-0.3, -0.25) is 0 Å². The summed E-state index contributed by atoms with van der Waals surface area (Å²) in [5.74, 6) is 0.854. The van der Waals surface area contributed by atoms with Gasteiger partial charge >= 0.3 is 6.09 Å². The van der Waals surface area contributed by atoms with E-state index in [4.69, 9.17) is 26.8 Å². The molecule has 1 saturated heterocycles. The molecule has 2 aromatic carbocycles. The molecule has 0 bridgehead atoms. The molecule has 5 nitrogen and oxygen atoms in total. The van der Waals surface area contributed by atoms with Crippen LogP contribution in [0.15, 0.2) is 53.5 Å². The van der Waals surface area contributed by atoms with Crippen molar-refractivity contribution in [1.82, 2.24) is 4.90 Å². The predicted molar refractivity (Wildman–Crippen MR) is 125 cm³/mol. The van der Waals surface area contributed by atoms with E-state index in [1.54, 1.807) is 11.0 Å². The molecule has 2 N–H and O–H groups in total. The molecule has 1 unspecified atom stereocenters. The Bertz CT molecular complexity index is 948. The molecule has 0 saturated carbocycles. The summed E-state index contributed by atoms with van der Waals surface area (Å²) in [7, 11) is 0. The Hall–Kier alpha value is -2.28. The predicted octanol–water partition coefficient (Wildman–Crippen LogP) is 5.36. The minimum Gasteiger partial charge on any atom is -0.490 e. The lowest BCUT2D eigenvalue weighted by molar-refractivity contribution is 0.0425. The molecule has 1 atom stereocenters. The standard InChI is InChI=1S/C23H24BrClN2O3/c1-2-7-29-21-9-16(3-4-19-5-6-20(25)11-22(19)24)8-17(10-21)13-27-14-18(12-26)15-30-23(27)28/h2-6,8-11,18H,1,7,12-15,26H2/b4-3+. The Kier molecular flexibility index (Phi) is 7.96. The molecule has 158 valence electrons. The highest BCUT2D eigenvalue weighted by Gasteiger charge is 2.26. The van der Waals surface area contributed by atoms with E-state index < -0.39 is 0 Å². The van der Waals surface area contributed by atoms with Crippen molar-refractivity contribution in [3.63, 3.8) is 0 Å². The van der Waals surface area contributed by atoms with Crippen molar-refractivity contribution in [2.24, 2.45) is 11.7 Å². The van der Waals surface area contributed by atoms with Crippen molar-refractivity contribution >= 4 is 45.8 Å². The van der Waals surface area contributed by atoms with Gasteiger partial charge in [0.25, 0.3) is 0 Å². The molecule has 1 fully saturated rings. The van der Waals surface area contributed by atoms with Gasteiger partial charge in [0.2, 0.25) is 0 Å². The number of ether oxygens (including phenoxy) is 2. The van der Waals surface area contributed by atoms with E-state index in [1.165, 1.54) is 0 Å². The third kappa shape index (κ3) is 6.11. The first-order valence-corrected chi connectivity index (χ1v) is 10.8. The Labute approximate surface area is 190 Å². The highest BCUT2D eigenvalue weighted by Crippen LogP contribution is 2.25. The van der Waals surface area contributed by atoms with Crippen molar-refractivity contribution in [2.45, 2.75) is 6.54 Å². The van der Waals surface area contributed by atoms with Crippen LogP contribution < -0.4 is 10.5 Å². The second kappa shape index (κ2) is 10.7. The third-order valence-corrected chi connectivity index (χ3v) is 5.58. The number of nitrogens with zero attached hydrogens (tertiary/aromatic N) is 1. The lowest BCUT2D eigenvalue weighted by atomic mass is 10.1. The van der Waals surface area contributed by atoms with Crippen molar-refractivity contribution in [3.05, 3.63) is 75.2 Å². The minimum atomic E-state index is -0.320. The summed E-state index contributed by atoms with van der Waals surface area (Å²) in [6, 6.07) is 11.5. The van der Waals surface area contributed by atoms with Crippen LogP contribution in [0.5, 0.6) is 5.75 Å². The monoisotopic (exact) mass is 490 g/mol. The normalized spacial score (nSPS) is 16.6. The number of nitrogens with two attached hydrogens (primary N) is 1. The number of hydrogen-bond donors (Lipinski definition) is 1. The third-order valence-electron chi connectivity index (χ3n) is 4.66. The first kappa shape index (κ1) is 22.4. The van der Waals surface area contributed by atoms with Crippen molar-refractivity contribution in [3.8, 4) is 5.75 Å². The smallest absolute Gasteiger partial charge is 0.410 e. The number of rotatable bonds is 8. The van der Waals surface area contributed by atoms with Crippen LogP contribution in [0.3, 0.4) is 0 Å². The second-order valence-corrected chi connectivity index (χ2v) is 8.36. The summed E-state index contributed by atoms with van der Waals surface area (Å²) >= 11 is 9.55. The maximum absolute atomic E-state index is 12.2. The van der Waals surface area contributed by atoms with Crippen molar-refractivity contribution < 1.29 is 14.3 Å². The van der Waals surface area contributed by atoms with Gasteiger partial charge in [-0.15, -0.1) is 0 Å². The molecule has 30 heavy (non-hydrogen) atoms. The Morgan fingerprint density at radius 1 is 1.30 bits per heavy atom. The molecular formula is C23H24BrClN2O3. The molecular weight excluding hydrogens is 468 g/mol. The molecule has 0 aliphatic carbocycles. The summed E-state index contributed by atoms with van der Waals surface area (Å²) in [5.41, 5.74) is 8.66. The Morgan fingerprint density at radius 3 is 2.87 bits per heavy atom. The molecule has 7 heteroatoms. The van der Waals surface area contributed by atoms with E-state index in [2.05, 4.69) is 22.5 Å². The van der Waals surface area contributed by atoms with Gasteiger partial charge in [-0.05, 0) is 47.0 Å². The largest absolute Gasteiger partial charge is 0.490 e. The number of benzene rings is 2. The molecule has 0 spiro atoms. The fraction of sp³-hybridized carbons (Fsp3) is 0.261. The topological polar surface area (TPSA) is 64.8 Å². The first-order chi connectivity index (χ1) is 14.5. The van der Waals surface area contributed by atoms with Gasteiger partial charge in [-0.25, -0.2) is 4.79 Å². The number of carbonyl (C=O) groups excluding carboxylic acids is 1. The van der Waals surface area contributed by atoms with Crippen LogP contribution in [0.25, 0.3) is 12.2 Å². The zero-order valence-corrected chi connectivity index (χ0v) is 18.9. The zero-order chi connectivity index (χ0) is 21.5. The van der Waals surface area contributed by atoms with E-state index in [1.807, 2.05) is 48.6 Å². The van der Waals surface area contributed by atoms with Gasteiger partial charge in [0.05, 0.1) is 6.61 Å². The maximum Gasteiger partial charge on any atom is 0.410 e. The van der Waals surface area contributed by atoms with Gasteiger partial charge < -0.3 is 20.1 Å². The Balaban J connectivity index is 1.84. The van der Waals surface area contributed by atoms with Gasteiger partial charge in [-0.2, -0.15) is 0 Å². The summed E-state index contributed by atoms with van der Waals surface area (Å²) in [6.45, 7) is 5.96. The summed E-state index contributed by atoms with van der Waals surface area (Å²) in [5, 5.41) is 0.672. The van der Waals surface area contributed by atoms with E-state index in [-0.39, 0.29) is 12.0 Å². The number of amides is 1. The van der Waals surface area contributed by atoms with E-state index in [0.29, 0.717) is 43.6 Å². The maximum atomic E-state index is 12.2. The summed E-state index contributed by atoms with van der Waals surface area (Å²) in [4.78, 5) is 13.8. The van der Waals surface area contributed by atoms with Crippen LogP contribution in [0, 0.1) is 5.92 Å². The Morgan fingerprint density at radius 2 is 2.13 bits per heavy atom. The van der Waals surface area contributed by atoms with Crippen LogP contribution >= 0.6 is 27.5 Å². The average molecular weight is 492 g/mol. The molecule has 1 amide bonds. The fourth-order valence-corrected chi connectivity index (χ4v) is 3.96. The average Bonchev–Trinajstić information content (AvgIpc) is 2.73. The van der Waals surface area contributed by atoms with Crippen LogP contribution in [0.1, 0.15) is 16.7 Å². The van der Waals surface area contributed by atoms with Crippen LogP contribution in [-0.2, 0) is 11.3 Å². The van der Waals surface area contributed by atoms with Crippen LogP contribution in [-0.4, -0.2) is 37.3 Å². The second-order valence-electron chi connectivity index (χ2n) is 7.07. The summed E-state index contributed by atoms with van der Waals surface area (Å²) in [6.07, 6.45) is 5.37. The number of halogens is 2. The SMILES string of the molecule is C=CCOc1cc(/C=C/c2ccc(Cl)cc2Br)cc(CN2CC(CN)COC2=O)c1. The van der Waals surface area contributed by atoms with Gasteiger partial charge in [0.1, 0.15) is 12.4 Å². The molecule has 1 aliphatic rings. The molecule has 1 aliphatic heterocycles. The van der Waals surface area contributed by atoms with Gasteiger partial charge in [0.15, 0.2) is 0 Å². The molecule has 0 aromatic heterocycles. The van der Waals surface area contributed by atoms with Crippen LogP contribution in [0.4, 0.5) is 4.79 Å². The number of carbonyl (C=O) groups is 1. The first-order valence-electron chi connectivity index (χ1n) is 9.61. The molecule has 0 radical (unpaired) electrons. The highest BCUT2D eigenvalue weighted by molar-refractivity contribution is 9.10. The lowest BCUT2D eigenvalue weighted by Crippen LogP contribution is -2.44. The lowest BCUT2D eigenvalue weighted by Gasteiger charge is -2.31. The fourth-order valence-electron chi connectivity index (χ4n) is 3.15. The highest BCUT2D eigenvalue weighted by atomic mass is 79.9. The van der Waals surface area contributed by atoms with Crippen LogP contribution in [0.2, 0.25) is 5.02 Å². The summed E-state index contributed by atoms with van der Waals surface area (Å²) < 4.78 is 11.9. The number of hydrogen-bond acceptors (Lipinski definition) is 4. The van der Waals surface area contributed by atoms with E-state index in [9.17, 15) is 4.79 Å². The molecule has 1 heterocycles. The quantitative estimate of drug-likeness (QED) is 0.398. The van der Waals surface area contributed by atoms with Crippen molar-refractivity contribution in [2.75, 3.05) is 26.3 Å². The van der Waals surface area contributed by atoms with E-state index >= 15 is 0 Å². The van der Waals surface area contributed by atoms with Crippen molar-refractivity contribution in [1.29, 1.82) is 0 Å².